The van der Waals surface area contributed by atoms with Gasteiger partial charge in [0.1, 0.15) is 0 Å². The van der Waals surface area contributed by atoms with Crippen LogP contribution in [0.2, 0.25) is 0 Å². The van der Waals surface area contributed by atoms with Crippen molar-refractivity contribution >= 4 is 5.97 Å². The van der Waals surface area contributed by atoms with Gasteiger partial charge in [-0.3, -0.25) is 0 Å². The van der Waals surface area contributed by atoms with Crippen LogP contribution >= 0.6 is 0 Å². The van der Waals surface area contributed by atoms with Crippen LogP contribution in [0.3, 0.4) is 0 Å². The predicted molar refractivity (Wildman–Crippen MR) is 29.6 cm³/mol. The Bertz CT molecular complexity index is 91.0. The summed E-state index contributed by atoms with van der Waals surface area (Å²) in [7, 11) is 0. The van der Waals surface area contributed by atoms with E-state index in [1.165, 1.54) is 0 Å². The SMILES string of the molecule is CC(CO)CC(=O)OO. The molecule has 0 heterocycles. The Balaban J connectivity index is 3.34. The molecule has 0 aliphatic heterocycles. The number of carbonyl (C=O) groups is 1. The van der Waals surface area contributed by atoms with E-state index in [-0.39, 0.29) is 18.9 Å². The molecule has 2 N–H and O–H groups in total. The van der Waals surface area contributed by atoms with Gasteiger partial charge in [-0.15, -0.1) is 0 Å². The van der Waals surface area contributed by atoms with Crippen molar-refractivity contribution in [2.24, 2.45) is 5.92 Å². The molecule has 1 atom stereocenters. The van der Waals surface area contributed by atoms with Crippen LogP contribution in [0.15, 0.2) is 0 Å². The molecule has 0 aliphatic rings. The summed E-state index contributed by atoms with van der Waals surface area (Å²) in [5.41, 5.74) is 0. The molecule has 0 rings (SSSR count). The molecule has 0 aliphatic carbocycles. The summed E-state index contributed by atoms with van der Waals surface area (Å²) in [6.07, 6.45) is 0.0486. The van der Waals surface area contributed by atoms with E-state index in [1.54, 1.807) is 6.92 Å². The molecule has 0 amide bonds. The quantitative estimate of drug-likeness (QED) is 0.422. The first-order valence-corrected chi connectivity index (χ1v) is 2.65. The molecule has 0 saturated heterocycles. The fraction of sp³-hybridized carbons (Fsp3) is 0.800. The van der Waals surface area contributed by atoms with Crippen molar-refractivity contribution in [3.63, 3.8) is 0 Å². The van der Waals surface area contributed by atoms with E-state index in [0.29, 0.717) is 0 Å². The summed E-state index contributed by atoms with van der Waals surface area (Å²) in [6.45, 7) is 1.60. The molecule has 54 valence electrons. The van der Waals surface area contributed by atoms with Gasteiger partial charge in [0.05, 0.1) is 6.42 Å². The zero-order valence-corrected chi connectivity index (χ0v) is 5.20. The molecule has 0 saturated carbocycles. The highest BCUT2D eigenvalue weighted by atomic mass is 17.1. The minimum absolute atomic E-state index is 0.0486. The maximum atomic E-state index is 10.2. The number of hydrogen-bond donors (Lipinski definition) is 2. The Morgan fingerprint density at radius 3 is 2.67 bits per heavy atom. The van der Waals surface area contributed by atoms with Crippen molar-refractivity contribution in [2.45, 2.75) is 13.3 Å². The molecule has 9 heavy (non-hydrogen) atoms. The number of aliphatic hydroxyl groups excluding tert-OH is 1. The lowest BCUT2D eigenvalue weighted by Gasteiger charge is -2.01. The van der Waals surface area contributed by atoms with Crippen LogP contribution < -0.4 is 0 Å². The highest BCUT2D eigenvalue weighted by molar-refractivity contribution is 5.68. The van der Waals surface area contributed by atoms with Crippen molar-refractivity contribution in [3.8, 4) is 0 Å². The van der Waals surface area contributed by atoms with Gasteiger partial charge in [-0.05, 0) is 5.92 Å². The zero-order valence-electron chi connectivity index (χ0n) is 5.20. The van der Waals surface area contributed by atoms with E-state index in [0.717, 1.165) is 0 Å². The summed E-state index contributed by atoms with van der Waals surface area (Å²) in [5, 5.41) is 16.1. The first-order valence-electron chi connectivity index (χ1n) is 2.65. The Morgan fingerprint density at radius 2 is 2.33 bits per heavy atom. The first kappa shape index (κ1) is 8.39. The fourth-order valence-electron chi connectivity index (χ4n) is 0.386. The second-order valence-electron chi connectivity index (χ2n) is 1.96. The van der Waals surface area contributed by atoms with E-state index in [4.69, 9.17) is 10.4 Å². The van der Waals surface area contributed by atoms with Crippen LogP contribution in [-0.4, -0.2) is 22.9 Å². The molecule has 4 heteroatoms. The van der Waals surface area contributed by atoms with E-state index >= 15 is 0 Å². The molecule has 0 aromatic rings. The third-order valence-electron chi connectivity index (χ3n) is 0.929. The Hall–Kier alpha value is -0.610. The third kappa shape index (κ3) is 3.93. The van der Waals surface area contributed by atoms with Crippen molar-refractivity contribution in [1.82, 2.24) is 0 Å². The largest absolute Gasteiger partial charge is 0.396 e. The maximum absolute atomic E-state index is 10.2. The van der Waals surface area contributed by atoms with Crippen LogP contribution in [0, 0.1) is 5.92 Å². The van der Waals surface area contributed by atoms with Crippen LogP contribution in [0.25, 0.3) is 0 Å². The number of hydrogen-bond acceptors (Lipinski definition) is 4. The summed E-state index contributed by atoms with van der Waals surface area (Å²) in [6, 6.07) is 0. The lowest BCUT2D eigenvalue weighted by Crippen LogP contribution is -2.10. The second kappa shape index (κ2) is 4.29. The topological polar surface area (TPSA) is 66.8 Å². The summed E-state index contributed by atoms with van der Waals surface area (Å²) in [5.74, 6) is -0.860. The van der Waals surface area contributed by atoms with E-state index in [2.05, 4.69) is 4.89 Å². The van der Waals surface area contributed by atoms with Gasteiger partial charge in [0.2, 0.25) is 0 Å². The zero-order chi connectivity index (χ0) is 7.28. The number of rotatable bonds is 3. The van der Waals surface area contributed by atoms with Crippen molar-refractivity contribution in [3.05, 3.63) is 0 Å². The molecular formula is C5H10O4. The van der Waals surface area contributed by atoms with Crippen molar-refractivity contribution < 1.29 is 20.0 Å². The molecule has 0 radical (unpaired) electrons. The van der Waals surface area contributed by atoms with Crippen LogP contribution in [-0.2, 0) is 9.68 Å². The summed E-state index contributed by atoms with van der Waals surface area (Å²) >= 11 is 0. The minimum atomic E-state index is -0.712. The number of carbonyl (C=O) groups excluding carboxylic acids is 1. The molecule has 0 aromatic carbocycles. The molecule has 4 nitrogen and oxygen atoms in total. The standard InChI is InChI=1S/C5H10O4/c1-4(3-6)2-5(7)9-8/h4,6,8H,2-3H2,1H3. The minimum Gasteiger partial charge on any atom is -0.396 e. The molecule has 0 spiro atoms. The fourth-order valence-corrected chi connectivity index (χ4v) is 0.386. The Kier molecular flexibility index (Phi) is 4.00. The van der Waals surface area contributed by atoms with E-state index < -0.39 is 5.97 Å². The monoisotopic (exact) mass is 134 g/mol. The molecular weight excluding hydrogens is 124 g/mol. The van der Waals surface area contributed by atoms with Gasteiger partial charge in [-0.2, -0.15) is 5.26 Å². The number of aliphatic hydroxyl groups is 1. The highest BCUT2D eigenvalue weighted by Gasteiger charge is 2.07. The van der Waals surface area contributed by atoms with Gasteiger partial charge in [0.15, 0.2) is 0 Å². The van der Waals surface area contributed by atoms with Gasteiger partial charge >= 0.3 is 5.97 Å². The van der Waals surface area contributed by atoms with Crippen LogP contribution in [0.1, 0.15) is 13.3 Å². The second-order valence-corrected chi connectivity index (χ2v) is 1.96. The molecule has 0 aromatic heterocycles. The maximum Gasteiger partial charge on any atom is 0.342 e. The molecule has 0 bridgehead atoms. The average molecular weight is 134 g/mol. The summed E-state index contributed by atoms with van der Waals surface area (Å²) < 4.78 is 0. The van der Waals surface area contributed by atoms with Crippen molar-refractivity contribution in [2.75, 3.05) is 6.61 Å². The van der Waals surface area contributed by atoms with Gasteiger partial charge < -0.3 is 9.99 Å². The lowest BCUT2D eigenvalue weighted by atomic mass is 10.1. The molecule has 1 unspecified atom stereocenters. The van der Waals surface area contributed by atoms with Gasteiger partial charge in [0.25, 0.3) is 0 Å². The third-order valence-corrected chi connectivity index (χ3v) is 0.929. The van der Waals surface area contributed by atoms with Gasteiger partial charge in [0, 0.05) is 6.61 Å². The average Bonchev–Trinajstić information content (AvgIpc) is 1.87. The van der Waals surface area contributed by atoms with Crippen LogP contribution in [0.4, 0.5) is 0 Å². The van der Waals surface area contributed by atoms with E-state index in [1.807, 2.05) is 0 Å². The Labute approximate surface area is 53.0 Å². The normalized spacial score (nSPS) is 12.8. The van der Waals surface area contributed by atoms with Gasteiger partial charge in [-0.25, -0.2) is 4.79 Å². The first-order chi connectivity index (χ1) is 4.20. The lowest BCUT2D eigenvalue weighted by molar-refractivity contribution is -0.235. The van der Waals surface area contributed by atoms with Crippen LogP contribution in [0.5, 0.6) is 0 Å². The predicted octanol–water partition coefficient (Wildman–Crippen LogP) is 0.0211. The Morgan fingerprint density at radius 1 is 1.78 bits per heavy atom. The highest BCUT2D eigenvalue weighted by Crippen LogP contribution is 1.99. The smallest absolute Gasteiger partial charge is 0.342 e. The van der Waals surface area contributed by atoms with E-state index in [9.17, 15) is 4.79 Å². The van der Waals surface area contributed by atoms with Crippen molar-refractivity contribution in [1.29, 1.82) is 0 Å². The summed E-state index contributed by atoms with van der Waals surface area (Å²) in [4.78, 5) is 13.6. The molecule has 0 fully saturated rings. The van der Waals surface area contributed by atoms with Gasteiger partial charge in [-0.1, -0.05) is 6.92 Å².